The van der Waals surface area contributed by atoms with E-state index in [1.165, 1.54) is 0 Å². The van der Waals surface area contributed by atoms with E-state index in [-0.39, 0.29) is 5.41 Å². The number of carboxylic acids is 1. The molecule has 2 rings (SSSR count). The van der Waals surface area contributed by atoms with Gasteiger partial charge >= 0.3 is 12.0 Å². The highest BCUT2D eigenvalue weighted by Crippen LogP contribution is 2.27. The van der Waals surface area contributed by atoms with Crippen LogP contribution in [-0.2, 0) is 10.2 Å². The van der Waals surface area contributed by atoms with Crippen LogP contribution in [0.4, 0.5) is 10.6 Å². The largest absolute Gasteiger partial charge is 0.479 e. The topological polar surface area (TPSA) is 116 Å². The maximum atomic E-state index is 12.2. The number of anilines is 1. The molecular formula is C19H26N4O4. The summed E-state index contributed by atoms with van der Waals surface area (Å²) in [7, 11) is 0. The Hall–Kier alpha value is -2.87. The van der Waals surface area contributed by atoms with Crippen molar-refractivity contribution in [3.8, 4) is 5.69 Å². The van der Waals surface area contributed by atoms with Crippen LogP contribution in [0.3, 0.4) is 0 Å². The molecule has 146 valence electrons. The number of hydrogen-bond donors (Lipinski definition) is 4. The van der Waals surface area contributed by atoms with E-state index in [0.29, 0.717) is 5.82 Å². The third-order valence-corrected chi connectivity index (χ3v) is 4.12. The van der Waals surface area contributed by atoms with E-state index in [2.05, 4.69) is 15.7 Å². The number of aromatic nitrogens is 2. The van der Waals surface area contributed by atoms with Crippen molar-refractivity contribution in [1.29, 1.82) is 0 Å². The highest BCUT2D eigenvalue weighted by atomic mass is 16.4. The number of amides is 2. The smallest absolute Gasteiger partial charge is 0.337 e. The number of aliphatic carboxylic acids is 1. The predicted octanol–water partition coefficient (Wildman–Crippen LogP) is 2.44. The second-order valence-electron chi connectivity index (χ2n) is 7.75. The lowest BCUT2D eigenvalue weighted by molar-refractivity contribution is -0.155. The van der Waals surface area contributed by atoms with Crippen molar-refractivity contribution in [3.05, 3.63) is 41.6 Å². The lowest BCUT2D eigenvalue weighted by Crippen LogP contribution is -2.47. The summed E-state index contributed by atoms with van der Waals surface area (Å²) >= 11 is 0. The molecule has 1 unspecified atom stereocenters. The first-order chi connectivity index (χ1) is 12.4. The summed E-state index contributed by atoms with van der Waals surface area (Å²) in [4.78, 5) is 23.2. The first kappa shape index (κ1) is 20.4. The van der Waals surface area contributed by atoms with Crippen molar-refractivity contribution in [1.82, 2.24) is 15.1 Å². The lowest BCUT2D eigenvalue weighted by Gasteiger charge is -2.18. The third kappa shape index (κ3) is 4.85. The molecule has 0 saturated heterocycles. The minimum Gasteiger partial charge on any atom is -0.479 e. The van der Waals surface area contributed by atoms with Crippen LogP contribution in [0.1, 0.15) is 39.0 Å². The standard InChI is InChI=1S/C19H26N4O4/c1-12-8-6-7-9-13(12)23-15(10-14(22-23)18(2,3)4)21-17(26)20-11-19(5,27)16(24)25/h6-10,27H,11H2,1-5H3,(H,24,25)(H2,20,21,26). The molecule has 0 radical (unpaired) electrons. The van der Waals surface area contributed by atoms with E-state index in [0.717, 1.165) is 23.9 Å². The highest BCUT2D eigenvalue weighted by molar-refractivity contribution is 5.89. The van der Waals surface area contributed by atoms with Gasteiger partial charge in [0.25, 0.3) is 0 Å². The number of carbonyl (C=O) groups is 2. The lowest BCUT2D eigenvalue weighted by atomic mass is 9.92. The van der Waals surface area contributed by atoms with Crippen molar-refractivity contribution in [3.63, 3.8) is 0 Å². The Morgan fingerprint density at radius 2 is 1.81 bits per heavy atom. The molecule has 2 aromatic rings. The van der Waals surface area contributed by atoms with Crippen LogP contribution in [0.25, 0.3) is 5.69 Å². The Balaban J connectivity index is 2.30. The molecule has 0 saturated carbocycles. The van der Waals surface area contributed by atoms with E-state index < -0.39 is 24.1 Å². The number of carbonyl (C=O) groups excluding carboxylic acids is 1. The average molecular weight is 374 g/mol. The summed E-state index contributed by atoms with van der Waals surface area (Å²) in [6.07, 6.45) is 0. The zero-order chi connectivity index (χ0) is 20.4. The normalized spacial score (nSPS) is 13.7. The summed E-state index contributed by atoms with van der Waals surface area (Å²) in [5.41, 5.74) is 0.315. The number of para-hydroxylation sites is 1. The Bertz CT molecular complexity index is 850. The van der Waals surface area contributed by atoms with Gasteiger partial charge in [-0.25, -0.2) is 14.3 Å². The molecule has 4 N–H and O–H groups in total. The number of aliphatic hydroxyl groups is 1. The fourth-order valence-corrected chi connectivity index (χ4v) is 2.31. The van der Waals surface area contributed by atoms with E-state index >= 15 is 0 Å². The molecule has 0 aliphatic carbocycles. The van der Waals surface area contributed by atoms with Gasteiger partial charge in [0.2, 0.25) is 0 Å². The Morgan fingerprint density at radius 3 is 2.37 bits per heavy atom. The fourth-order valence-electron chi connectivity index (χ4n) is 2.31. The average Bonchev–Trinajstić information content (AvgIpc) is 2.97. The maximum absolute atomic E-state index is 12.2. The van der Waals surface area contributed by atoms with Gasteiger partial charge in [0.05, 0.1) is 17.9 Å². The van der Waals surface area contributed by atoms with Gasteiger partial charge in [-0.1, -0.05) is 39.0 Å². The Labute approximate surface area is 158 Å². The van der Waals surface area contributed by atoms with Crippen molar-refractivity contribution in [2.45, 2.75) is 45.6 Å². The molecule has 0 spiro atoms. The first-order valence-electron chi connectivity index (χ1n) is 8.59. The van der Waals surface area contributed by atoms with Gasteiger partial charge in [-0.05, 0) is 25.5 Å². The molecule has 27 heavy (non-hydrogen) atoms. The SMILES string of the molecule is Cc1ccccc1-n1nc(C(C)(C)C)cc1NC(=O)NCC(C)(O)C(=O)O. The Kier molecular flexibility index (Phi) is 5.60. The second-order valence-corrected chi connectivity index (χ2v) is 7.75. The number of carboxylic acid groups (broad SMARTS) is 1. The summed E-state index contributed by atoms with van der Waals surface area (Å²) in [5.74, 6) is -0.968. The van der Waals surface area contributed by atoms with Crippen molar-refractivity contribution in [2.24, 2.45) is 0 Å². The van der Waals surface area contributed by atoms with Crippen molar-refractivity contribution < 1.29 is 19.8 Å². The van der Waals surface area contributed by atoms with Gasteiger partial charge in [0.15, 0.2) is 5.60 Å². The van der Waals surface area contributed by atoms with Crippen LogP contribution in [0.2, 0.25) is 0 Å². The van der Waals surface area contributed by atoms with Gasteiger partial charge < -0.3 is 15.5 Å². The summed E-state index contributed by atoms with van der Waals surface area (Å²) in [5, 5.41) is 28.3. The van der Waals surface area contributed by atoms with E-state index in [1.807, 2.05) is 52.0 Å². The minimum atomic E-state index is -2.05. The molecule has 0 aliphatic rings. The molecule has 0 fully saturated rings. The number of urea groups is 1. The molecule has 1 aromatic heterocycles. The zero-order valence-electron chi connectivity index (χ0n) is 16.2. The van der Waals surface area contributed by atoms with Crippen molar-refractivity contribution in [2.75, 3.05) is 11.9 Å². The second kappa shape index (κ2) is 7.40. The van der Waals surface area contributed by atoms with E-state index in [9.17, 15) is 14.7 Å². The van der Waals surface area contributed by atoms with E-state index in [4.69, 9.17) is 5.11 Å². The van der Waals surface area contributed by atoms with Gasteiger partial charge in [-0.15, -0.1) is 0 Å². The number of nitrogens with zero attached hydrogens (tertiary/aromatic N) is 2. The maximum Gasteiger partial charge on any atom is 0.337 e. The van der Waals surface area contributed by atoms with Crippen LogP contribution in [0.5, 0.6) is 0 Å². The molecular weight excluding hydrogens is 348 g/mol. The van der Waals surface area contributed by atoms with Crippen LogP contribution in [0, 0.1) is 6.92 Å². The number of nitrogens with one attached hydrogen (secondary N) is 2. The highest BCUT2D eigenvalue weighted by Gasteiger charge is 2.30. The molecule has 1 heterocycles. The number of benzene rings is 1. The molecule has 0 bridgehead atoms. The summed E-state index contributed by atoms with van der Waals surface area (Å²) < 4.78 is 1.64. The number of rotatable bonds is 5. The van der Waals surface area contributed by atoms with Gasteiger partial charge in [-0.2, -0.15) is 5.10 Å². The molecule has 1 atom stereocenters. The van der Waals surface area contributed by atoms with Crippen LogP contribution < -0.4 is 10.6 Å². The Morgan fingerprint density at radius 1 is 1.19 bits per heavy atom. The van der Waals surface area contributed by atoms with Crippen LogP contribution in [-0.4, -0.2) is 44.1 Å². The summed E-state index contributed by atoms with van der Waals surface area (Å²) in [6.45, 7) is 8.69. The van der Waals surface area contributed by atoms with Gasteiger partial charge in [0, 0.05) is 11.5 Å². The third-order valence-electron chi connectivity index (χ3n) is 4.12. The van der Waals surface area contributed by atoms with Crippen molar-refractivity contribution >= 4 is 17.8 Å². The van der Waals surface area contributed by atoms with Crippen LogP contribution in [0.15, 0.2) is 30.3 Å². The summed E-state index contributed by atoms with van der Waals surface area (Å²) in [6, 6.07) is 8.79. The number of aryl methyl sites for hydroxylation is 1. The molecule has 8 heteroatoms. The zero-order valence-corrected chi connectivity index (χ0v) is 16.2. The predicted molar refractivity (Wildman–Crippen MR) is 102 cm³/mol. The molecule has 1 aromatic carbocycles. The molecule has 0 aliphatic heterocycles. The van der Waals surface area contributed by atoms with E-state index in [1.54, 1.807) is 10.7 Å². The molecule has 2 amide bonds. The van der Waals surface area contributed by atoms with Gasteiger partial charge in [0.1, 0.15) is 5.82 Å². The monoisotopic (exact) mass is 374 g/mol. The quantitative estimate of drug-likeness (QED) is 0.641. The minimum absolute atomic E-state index is 0.228. The molecule has 8 nitrogen and oxygen atoms in total. The number of hydrogen-bond acceptors (Lipinski definition) is 4. The van der Waals surface area contributed by atoms with Crippen LogP contribution >= 0.6 is 0 Å². The first-order valence-corrected chi connectivity index (χ1v) is 8.59. The van der Waals surface area contributed by atoms with Gasteiger partial charge in [-0.3, -0.25) is 5.32 Å². The fraction of sp³-hybridized carbons (Fsp3) is 0.421.